The topological polar surface area (TPSA) is 97.6 Å². The maximum absolute atomic E-state index is 12.5. The van der Waals surface area contributed by atoms with Crippen LogP contribution in [0.25, 0.3) is 0 Å². The molecule has 3 rings (SSSR count). The van der Waals surface area contributed by atoms with E-state index in [0.717, 1.165) is 37.0 Å². The van der Waals surface area contributed by atoms with Gasteiger partial charge in [0.25, 0.3) is 15.9 Å². The molecular weight excluding hydrogens is 368 g/mol. The van der Waals surface area contributed by atoms with Gasteiger partial charge in [-0.1, -0.05) is 18.6 Å². The third-order valence-corrected chi connectivity index (χ3v) is 5.92. The van der Waals surface area contributed by atoms with Crippen molar-refractivity contribution in [3.05, 3.63) is 47.7 Å². The Balaban J connectivity index is 1.69. The second kappa shape index (κ2) is 8.14. The van der Waals surface area contributed by atoms with Crippen molar-refractivity contribution in [2.45, 2.75) is 49.8 Å². The zero-order valence-corrected chi connectivity index (χ0v) is 16.2. The molecule has 7 nitrogen and oxygen atoms in total. The van der Waals surface area contributed by atoms with Crippen LogP contribution in [0, 0.1) is 6.92 Å². The van der Waals surface area contributed by atoms with E-state index in [1.165, 1.54) is 19.2 Å². The quantitative estimate of drug-likeness (QED) is 0.788. The number of aryl methyl sites for hydroxylation is 1. The number of hydrogen-bond donors (Lipinski definition) is 2. The van der Waals surface area contributed by atoms with Crippen LogP contribution in [0.1, 0.15) is 41.8 Å². The molecule has 1 aromatic carbocycles. The fourth-order valence-corrected chi connectivity index (χ4v) is 3.84. The molecule has 0 spiro atoms. The number of furan rings is 1. The Morgan fingerprint density at radius 2 is 1.96 bits per heavy atom. The predicted molar refractivity (Wildman–Crippen MR) is 100 cm³/mol. The summed E-state index contributed by atoms with van der Waals surface area (Å²) in [7, 11) is -2.44. The number of nitrogens with one attached hydrogen (secondary N) is 2. The highest BCUT2D eigenvalue weighted by atomic mass is 32.2. The molecule has 27 heavy (non-hydrogen) atoms. The van der Waals surface area contributed by atoms with E-state index in [-0.39, 0.29) is 23.0 Å². The summed E-state index contributed by atoms with van der Waals surface area (Å²) in [4.78, 5) is 12.5. The molecule has 0 radical (unpaired) electrons. The van der Waals surface area contributed by atoms with Crippen molar-refractivity contribution < 1.29 is 22.4 Å². The van der Waals surface area contributed by atoms with Gasteiger partial charge in [-0.15, -0.1) is 0 Å². The average Bonchev–Trinajstić information content (AvgIpc) is 3.15. The first-order valence-corrected chi connectivity index (χ1v) is 10.4. The summed E-state index contributed by atoms with van der Waals surface area (Å²) >= 11 is 0. The maximum Gasteiger partial charge on any atom is 0.287 e. The van der Waals surface area contributed by atoms with Gasteiger partial charge in [-0.3, -0.25) is 4.79 Å². The molecule has 2 N–H and O–H groups in total. The van der Waals surface area contributed by atoms with Crippen molar-refractivity contribution in [2.75, 3.05) is 7.05 Å². The lowest BCUT2D eigenvalue weighted by molar-refractivity contribution is 0.0769. The predicted octanol–water partition coefficient (Wildman–Crippen LogP) is 2.62. The largest absolute Gasteiger partial charge is 0.488 e. The molecule has 146 valence electrons. The van der Waals surface area contributed by atoms with Crippen LogP contribution in [0.5, 0.6) is 5.75 Å². The van der Waals surface area contributed by atoms with Crippen LogP contribution in [0.15, 0.2) is 45.9 Å². The molecule has 0 saturated heterocycles. The molecule has 1 aliphatic rings. The normalized spacial score (nSPS) is 20.2. The summed E-state index contributed by atoms with van der Waals surface area (Å²) in [5, 5.41) is 2.64. The van der Waals surface area contributed by atoms with Gasteiger partial charge in [-0.25, -0.2) is 13.1 Å². The molecule has 2 atom stereocenters. The standard InChI is InChI=1S/C19H24N2O5S/c1-13-6-5-7-14(12-13)25-16-9-4-3-8-15(16)21-19(22)17-10-11-18(26-17)27(23,24)20-2/h5-7,10-12,15-16,20H,3-4,8-9H2,1-2H3,(H,21,22). The summed E-state index contributed by atoms with van der Waals surface area (Å²) in [6.07, 6.45) is 3.53. The highest BCUT2D eigenvalue weighted by Gasteiger charge is 2.30. The lowest BCUT2D eigenvalue weighted by atomic mass is 9.92. The summed E-state index contributed by atoms with van der Waals surface area (Å²) in [5.74, 6) is 0.294. The molecule has 0 aliphatic heterocycles. The van der Waals surface area contributed by atoms with Gasteiger partial charge in [0, 0.05) is 0 Å². The van der Waals surface area contributed by atoms with E-state index in [9.17, 15) is 13.2 Å². The number of carbonyl (C=O) groups excluding carboxylic acids is 1. The number of sulfonamides is 1. The Kier molecular flexibility index (Phi) is 5.86. The van der Waals surface area contributed by atoms with Gasteiger partial charge < -0.3 is 14.5 Å². The van der Waals surface area contributed by atoms with Gasteiger partial charge in [0.1, 0.15) is 11.9 Å². The van der Waals surface area contributed by atoms with Crippen LogP contribution in [-0.2, 0) is 10.0 Å². The molecule has 2 unspecified atom stereocenters. The Labute approximate surface area is 159 Å². The molecule has 1 aliphatic carbocycles. The number of carbonyl (C=O) groups is 1. The molecule has 1 heterocycles. The summed E-state index contributed by atoms with van der Waals surface area (Å²) in [6.45, 7) is 2.00. The molecule has 8 heteroatoms. The van der Waals surface area contributed by atoms with Gasteiger partial charge in [-0.05, 0) is 63.1 Å². The van der Waals surface area contributed by atoms with Gasteiger partial charge in [0.05, 0.1) is 6.04 Å². The first kappa shape index (κ1) is 19.4. The van der Waals surface area contributed by atoms with Crippen LogP contribution in [0.3, 0.4) is 0 Å². The fourth-order valence-electron chi connectivity index (χ4n) is 3.19. The Morgan fingerprint density at radius 3 is 2.70 bits per heavy atom. The third kappa shape index (κ3) is 4.70. The van der Waals surface area contributed by atoms with Crippen molar-refractivity contribution in [3.8, 4) is 5.75 Å². The summed E-state index contributed by atoms with van der Waals surface area (Å²) < 4.78 is 37.0. The highest BCUT2D eigenvalue weighted by molar-refractivity contribution is 7.89. The molecule has 2 aromatic rings. The maximum atomic E-state index is 12.5. The lowest BCUT2D eigenvalue weighted by Gasteiger charge is -2.32. The van der Waals surface area contributed by atoms with E-state index in [1.807, 2.05) is 31.2 Å². The molecule has 0 bridgehead atoms. The SMILES string of the molecule is CNS(=O)(=O)c1ccc(C(=O)NC2CCCCC2Oc2cccc(C)c2)o1. The highest BCUT2D eigenvalue weighted by Crippen LogP contribution is 2.25. The number of rotatable bonds is 6. The second-order valence-electron chi connectivity index (χ2n) is 6.66. The summed E-state index contributed by atoms with van der Waals surface area (Å²) in [5.41, 5.74) is 1.11. The van der Waals surface area contributed by atoms with Crippen LogP contribution in [0.4, 0.5) is 0 Å². The van der Waals surface area contributed by atoms with Gasteiger partial charge in [-0.2, -0.15) is 0 Å². The second-order valence-corrected chi connectivity index (χ2v) is 8.48. The smallest absolute Gasteiger partial charge is 0.287 e. The molecule has 1 saturated carbocycles. The average molecular weight is 392 g/mol. The Bertz CT molecular complexity index is 906. The van der Waals surface area contributed by atoms with Crippen molar-refractivity contribution in [2.24, 2.45) is 0 Å². The Morgan fingerprint density at radius 1 is 1.19 bits per heavy atom. The monoisotopic (exact) mass is 392 g/mol. The van der Waals surface area contributed by atoms with E-state index >= 15 is 0 Å². The number of benzene rings is 1. The van der Waals surface area contributed by atoms with E-state index in [2.05, 4.69) is 10.0 Å². The van der Waals surface area contributed by atoms with Gasteiger partial charge in [0.15, 0.2) is 5.76 Å². The minimum atomic E-state index is -3.72. The first-order chi connectivity index (χ1) is 12.9. The van der Waals surface area contributed by atoms with Crippen LogP contribution < -0.4 is 14.8 Å². The molecule has 1 fully saturated rings. The zero-order valence-electron chi connectivity index (χ0n) is 15.4. The zero-order chi connectivity index (χ0) is 19.4. The molecule has 1 aromatic heterocycles. The van der Waals surface area contributed by atoms with Gasteiger partial charge >= 0.3 is 0 Å². The van der Waals surface area contributed by atoms with Crippen molar-refractivity contribution in [3.63, 3.8) is 0 Å². The van der Waals surface area contributed by atoms with Crippen molar-refractivity contribution in [1.29, 1.82) is 0 Å². The first-order valence-electron chi connectivity index (χ1n) is 8.96. The minimum Gasteiger partial charge on any atom is -0.488 e. The number of amides is 1. The van der Waals surface area contributed by atoms with Crippen LogP contribution in [0.2, 0.25) is 0 Å². The third-order valence-electron chi connectivity index (χ3n) is 4.63. The van der Waals surface area contributed by atoms with E-state index in [1.54, 1.807) is 0 Å². The molecule has 1 amide bonds. The van der Waals surface area contributed by atoms with Crippen molar-refractivity contribution in [1.82, 2.24) is 10.0 Å². The molecular formula is C19H24N2O5S. The van der Waals surface area contributed by atoms with E-state index in [4.69, 9.17) is 9.15 Å². The van der Waals surface area contributed by atoms with Crippen molar-refractivity contribution >= 4 is 15.9 Å². The number of hydrogen-bond acceptors (Lipinski definition) is 5. The van der Waals surface area contributed by atoms with Crippen LogP contribution >= 0.6 is 0 Å². The van der Waals surface area contributed by atoms with E-state index in [0.29, 0.717) is 0 Å². The fraction of sp³-hybridized carbons (Fsp3) is 0.421. The lowest BCUT2D eigenvalue weighted by Crippen LogP contribution is -2.47. The number of ether oxygens (including phenoxy) is 1. The Hall–Kier alpha value is -2.32. The van der Waals surface area contributed by atoms with Gasteiger partial charge in [0.2, 0.25) is 5.09 Å². The van der Waals surface area contributed by atoms with Crippen LogP contribution in [-0.4, -0.2) is 33.5 Å². The summed E-state index contributed by atoms with van der Waals surface area (Å²) in [6, 6.07) is 10.3. The minimum absolute atomic E-state index is 0.0382. The van der Waals surface area contributed by atoms with E-state index < -0.39 is 15.9 Å².